The van der Waals surface area contributed by atoms with Gasteiger partial charge in [-0.2, -0.15) is 0 Å². The van der Waals surface area contributed by atoms with Crippen LogP contribution in [0, 0.1) is 6.92 Å². The molecule has 0 aliphatic carbocycles. The topological polar surface area (TPSA) is 84.7 Å². The van der Waals surface area contributed by atoms with E-state index in [1.54, 1.807) is 41.7 Å². The summed E-state index contributed by atoms with van der Waals surface area (Å²) in [4.78, 5) is 32.3. The molecule has 5 rings (SSSR count). The van der Waals surface area contributed by atoms with Crippen molar-refractivity contribution >= 4 is 17.4 Å². The zero-order valence-corrected chi connectivity index (χ0v) is 23.7. The van der Waals surface area contributed by atoms with Gasteiger partial charge in [-0.05, 0) is 60.2 Å². The molecule has 1 N–H and O–H groups in total. The van der Waals surface area contributed by atoms with Crippen molar-refractivity contribution in [2.45, 2.75) is 52.3 Å². The van der Waals surface area contributed by atoms with Crippen LogP contribution in [0.3, 0.4) is 0 Å². The fraction of sp³-hybridized carbons (Fsp3) is 0.265. The fourth-order valence-corrected chi connectivity index (χ4v) is 5.20. The molecule has 1 fully saturated rings. The number of ketones is 1. The number of aromatic nitrogens is 2. The minimum Gasteiger partial charge on any atom is -0.507 e. The number of amides is 1. The molecule has 7 heteroatoms. The average molecular weight is 550 g/mol. The Morgan fingerprint density at radius 3 is 2.41 bits per heavy atom. The molecule has 2 heterocycles. The number of carbonyl (C=O) groups is 2. The van der Waals surface area contributed by atoms with Gasteiger partial charge in [0.1, 0.15) is 18.1 Å². The number of imidazole rings is 1. The van der Waals surface area contributed by atoms with E-state index in [2.05, 4.69) is 24.9 Å². The van der Waals surface area contributed by atoms with Crippen molar-refractivity contribution in [3.8, 4) is 5.75 Å². The predicted octanol–water partition coefficient (Wildman–Crippen LogP) is 6.41. The number of benzene rings is 3. The highest BCUT2D eigenvalue weighted by Crippen LogP contribution is 2.40. The van der Waals surface area contributed by atoms with E-state index in [-0.39, 0.29) is 11.3 Å². The molecule has 41 heavy (non-hydrogen) atoms. The maximum Gasteiger partial charge on any atom is 0.295 e. The number of aliphatic hydroxyl groups excluding tert-OH is 1. The number of hydrogen-bond acceptors (Lipinski definition) is 5. The van der Waals surface area contributed by atoms with Gasteiger partial charge < -0.3 is 19.3 Å². The minimum atomic E-state index is -0.684. The third-order valence-electron chi connectivity index (χ3n) is 7.45. The highest BCUT2D eigenvalue weighted by molar-refractivity contribution is 6.46. The van der Waals surface area contributed by atoms with Gasteiger partial charge in [0, 0.05) is 31.0 Å². The van der Waals surface area contributed by atoms with Crippen molar-refractivity contribution < 1.29 is 19.4 Å². The Morgan fingerprint density at radius 1 is 1.00 bits per heavy atom. The molecule has 1 amide bonds. The maximum absolute atomic E-state index is 13.4. The van der Waals surface area contributed by atoms with Gasteiger partial charge in [0.25, 0.3) is 11.7 Å². The van der Waals surface area contributed by atoms with E-state index in [9.17, 15) is 14.7 Å². The third-order valence-corrected chi connectivity index (χ3v) is 7.45. The number of aliphatic hydroxyl groups is 1. The smallest absolute Gasteiger partial charge is 0.295 e. The van der Waals surface area contributed by atoms with Gasteiger partial charge in [-0.1, -0.05) is 67.9 Å². The molecular formula is C34H35N3O4. The van der Waals surface area contributed by atoms with Crippen molar-refractivity contribution in [3.63, 3.8) is 0 Å². The van der Waals surface area contributed by atoms with Gasteiger partial charge in [-0.25, -0.2) is 4.98 Å². The number of aryl methyl sites for hydroxylation is 2. The maximum atomic E-state index is 13.4. The summed E-state index contributed by atoms with van der Waals surface area (Å²) in [6.45, 7) is 7.71. The summed E-state index contributed by atoms with van der Waals surface area (Å²) < 4.78 is 7.86. The first-order valence-electron chi connectivity index (χ1n) is 13.9. The Kier molecular flexibility index (Phi) is 8.34. The van der Waals surface area contributed by atoms with Gasteiger partial charge in [0.2, 0.25) is 0 Å². The Bertz CT molecular complexity index is 1540. The quantitative estimate of drug-likeness (QED) is 0.140. The second kappa shape index (κ2) is 12.3. The van der Waals surface area contributed by atoms with E-state index in [1.165, 1.54) is 0 Å². The number of carbonyl (C=O) groups excluding carboxylic acids is 2. The number of rotatable bonds is 10. The molecule has 0 radical (unpaired) electrons. The summed E-state index contributed by atoms with van der Waals surface area (Å²) in [6.07, 6.45) is 5.94. The van der Waals surface area contributed by atoms with Gasteiger partial charge in [0.05, 0.1) is 17.9 Å². The Hall–Kier alpha value is -4.65. The number of Topliss-reactive ketones (excluding diaryl/α,β-unsaturated/α-hetero) is 1. The SMILES string of the molecule is Cc1cccc(COc2ccc(/C(O)=C3\C(=O)C(=O)N(CCCn4ccnc4)[C@H]3c3ccc(C(C)C)cc3)cc2)c1. The second-order valence-electron chi connectivity index (χ2n) is 10.8. The molecular weight excluding hydrogens is 514 g/mol. The number of likely N-dealkylation sites (tertiary alicyclic amines) is 1. The van der Waals surface area contributed by atoms with Crippen LogP contribution in [0.15, 0.2) is 97.1 Å². The first-order valence-corrected chi connectivity index (χ1v) is 13.9. The van der Waals surface area contributed by atoms with Crippen molar-refractivity contribution in [2.75, 3.05) is 6.54 Å². The monoisotopic (exact) mass is 549 g/mol. The van der Waals surface area contributed by atoms with Crippen LogP contribution in [-0.2, 0) is 22.7 Å². The standard InChI is InChI=1S/C34H35N3O4/c1-23(2)26-8-10-27(11-9-26)31-30(33(39)34(40)37(31)18-5-17-36-19-16-35-22-36)32(38)28-12-14-29(15-13-28)41-21-25-7-4-6-24(3)20-25/h4,6-16,19-20,22-23,31,38H,5,17-18,21H2,1-3H3/b32-30+/t31-/m0/s1. The van der Waals surface area contributed by atoms with Crippen molar-refractivity contribution in [1.29, 1.82) is 0 Å². The van der Waals surface area contributed by atoms with Crippen LogP contribution in [-0.4, -0.2) is 37.8 Å². The molecule has 0 saturated carbocycles. The Morgan fingerprint density at radius 2 is 1.76 bits per heavy atom. The van der Waals surface area contributed by atoms with Crippen molar-refractivity contribution in [3.05, 3.63) is 125 Å². The van der Waals surface area contributed by atoms with Crippen LogP contribution in [0.1, 0.15) is 60.0 Å². The summed E-state index contributed by atoms with van der Waals surface area (Å²) >= 11 is 0. The highest BCUT2D eigenvalue weighted by atomic mass is 16.5. The van der Waals surface area contributed by atoms with E-state index in [0.717, 1.165) is 22.3 Å². The lowest BCUT2D eigenvalue weighted by Gasteiger charge is -2.26. The van der Waals surface area contributed by atoms with Gasteiger partial charge in [-0.15, -0.1) is 0 Å². The van der Waals surface area contributed by atoms with Crippen LogP contribution in [0.5, 0.6) is 5.75 Å². The lowest BCUT2D eigenvalue weighted by atomic mass is 9.93. The van der Waals surface area contributed by atoms with Crippen LogP contribution < -0.4 is 4.74 Å². The minimum absolute atomic E-state index is 0.100. The first kappa shape index (κ1) is 27.9. The number of nitrogens with zero attached hydrogens (tertiary/aromatic N) is 3. The summed E-state index contributed by atoms with van der Waals surface area (Å²) in [5, 5.41) is 11.4. The molecule has 0 spiro atoms. The van der Waals surface area contributed by atoms with Crippen LogP contribution >= 0.6 is 0 Å². The molecule has 1 aliphatic rings. The lowest BCUT2D eigenvalue weighted by molar-refractivity contribution is -0.139. The Labute approximate surface area is 240 Å². The van der Waals surface area contributed by atoms with Gasteiger partial charge >= 0.3 is 0 Å². The van der Waals surface area contributed by atoms with Crippen molar-refractivity contribution in [2.24, 2.45) is 0 Å². The van der Waals surface area contributed by atoms with E-state index >= 15 is 0 Å². The normalized spacial score (nSPS) is 16.5. The number of ether oxygens (including phenoxy) is 1. The molecule has 1 atom stereocenters. The molecule has 4 aromatic rings. The molecule has 0 bridgehead atoms. The van der Waals surface area contributed by atoms with Gasteiger partial charge in [-0.3, -0.25) is 9.59 Å². The molecule has 3 aromatic carbocycles. The van der Waals surface area contributed by atoms with E-state index in [1.807, 2.05) is 60.2 Å². The van der Waals surface area contributed by atoms with Crippen molar-refractivity contribution in [1.82, 2.24) is 14.5 Å². The largest absolute Gasteiger partial charge is 0.507 e. The fourth-order valence-electron chi connectivity index (χ4n) is 5.20. The molecule has 0 unspecified atom stereocenters. The molecule has 210 valence electrons. The zero-order chi connectivity index (χ0) is 28.9. The third kappa shape index (κ3) is 6.24. The van der Waals surface area contributed by atoms with Gasteiger partial charge in [0.15, 0.2) is 0 Å². The molecule has 1 aliphatic heterocycles. The number of hydrogen-bond donors (Lipinski definition) is 1. The Balaban J connectivity index is 1.42. The van der Waals surface area contributed by atoms with E-state index < -0.39 is 17.7 Å². The summed E-state index contributed by atoms with van der Waals surface area (Å²) in [7, 11) is 0. The molecule has 1 saturated heterocycles. The second-order valence-corrected chi connectivity index (χ2v) is 10.8. The summed E-state index contributed by atoms with van der Waals surface area (Å²) in [5.41, 5.74) is 4.73. The van der Waals surface area contributed by atoms with E-state index in [0.29, 0.717) is 43.3 Å². The zero-order valence-electron chi connectivity index (χ0n) is 23.7. The summed E-state index contributed by atoms with van der Waals surface area (Å²) in [6, 6.07) is 22.3. The first-order chi connectivity index (χ1) is 19.8. The molecule has 1 aromatic heterocycles. The van der Waals surface area contributed by atoms with Crippen LogP contribution in [0.2, 0.25) is 0 Å². The highest BCUT2D eigenvalue weighted by Gasteiger charge is 2.45. The predicted molar refractivity (Wildman–Crippen MR) is 158 cm³/mol. The molecule has 7 nitrogen and oxygen atoms in total. The van der Waals surface area contributed by atoms with Crippen LogP contribution in [0.25, 0.3) is 5.76 Å². The van der Waals surface area contributed by atoms with Crippen LogP contribution in [0.4, 0.5) is 0 Å². The van der Waals surface area contributed by atoms with E-state index in [4.69, 9.17) is 4.74 Å². The average Bonchev–Trinajstić information content (AvgIpc) is 3.58. The lowest BCUT2D eigenvalue weighted by Crippen LogP contribution is -2.31. The summed E-state index contributed by atoms with van der Waals surface area (Å²) in [5.74, 6) is -0.485.